The van der Waals surface area contributed by atoms with E-state index < -0.39 is 0 Å². The normalized spacial score (nSPS) is 10.3. The van der Waals surface area contributed by atoms with Gasteiger partial charge in [-0.2, -0.15) is 0 Å². The number of carbonyl (C=O) groups excluding carboxylic acids is 1. The second kappa shape index (κ2) is 8.00. The number of anilines is 2. The maximum atomic E-state index is 11.6. The topological polar surface area (TPSA) is 64.3 Å². The smallest absolute Gasteiger partial charge is 0.226 e. The van der Waals surface area contributed by atoms with Crippen LogP contribution in [0.1, 0.15) is 19.8 Å². The molecule has 1 amide bonds. The molecule has 0 radical (unpaired) electrons. The van der Waals surface area contributed by atoms with Gasteiger partial charge < -0.3 is 15.8 Å². The van der Waals surface area contributed by atoms with Gasteiger partial charge in [-0.05, 0) is 30.4 Å². The fraction of sp³-hybridized carbons (Fsp3) is 0.462. The van der Waals surface area contributed by atoms with Gasteiger partial charge in [0.2, 0.25) is 5.91 Å². The number of benzene rings is 1. The molecule has 0 aliphatic carbocycles. The molecule has 4 nitrogen and oxygen atoms in total. The van der Waals surface area contributed by atoms with E-state index in [1.807, 2.05) is 18.2 Å². The van der Waals surface area contributed by atoms with Gasteiger partial charge >= 0.3 is 0 Å². The number of nitrogen functional groups attached to an aromatic ring is 1. The predicted octanol–water partition coefficient (Wildman–Crippen LogP) is 2.75. The minimum absolute atomic E-state index is 0.0822. The van der Waals surface area contributed by atoms with E-state index in [0.29, 0.717) is 24.4 Å². The van der Waals surface area contributed by atoms with E-state index in [9.17, 15) is 4.79 Å². The molecule has 3 N–H and O–H groups in total. The van der Waals surface area contributed by atoms with Gasteiger partial charge in [0, 0.05) is 12.0 Å². The molecule has 0 spiro atoms. The maximum Gasteiger partial charge on any atom is 0.226 e. The fourth-order valence-electron chi connectivity index (χ4n) is 1.36. The summed E-state index contributed by atoms with van der Waals surface area (Å²) in [7, 11) is 1.57. The van der Waals surface area contributed by atoms with Crippen LogP contribution < -0.4 is 11.1 Å². The number of rotatable bonds is 7. The summed E-state index contributed by atoms with van der Waals surface area (Å²) in [5.74, 6) is 0.974. The number of carbonyl (C=O) groups is 1. The summed E-state index contributed by atoms with van der Waals surface area (Å²) >= 11 is 1.76. The van der Waals surface area contributed by atoms with Crippen molar-refractivity contribution in [1.82, 2.24) is 0 Å². The summed E-state index contributed by atoms with van der Waals surface area (Å²) in [6.45, 7) is 2.55. The lowest BCUT2D eigenvalue weighted by Crippen LogP contribution is -2.14. The lowest BCUT2D eigenvalue weighted by molar-refractivity contribution is -0.117. The number of hydrogen-bond donors (Lipinski definition) is 2. The number of nitrogens with one attached hydrogen (secondary N) is 1. The van der Waals surface area contributed by atoms with E-state index in [0.717, 1.165) is 17.1 Å². The lowest BCUT2D eigenvalue weighted by atomic mass is 10.2. The van der Waals surface area contributed by atoms with Gasteiger partial charge in [-0.1, -0.05) is 6.92 Å². The van der Waals surface area contributed by atoms with Crippen molar-refractivity contribution >= 4 is 29.0 Å². The molecule has 5 heteroatoms. The maximum absolute atomic E-state index is 11.6. The number of amides is 1. The Morgan fingerprint density at radius 3 is 2.94 bits per heavy atom. The van der Waals surface area contributed by atoms with E-state index in [4.69, 9.17) is 10.5 Å². The first-order valence-corrected chi connectivity index (χ1v) is 6.97. The second-order valence-electron chi connectivity index (χ2n) is 3.89. The number of nitrogens with two attached hydrogens (primary N) is 1. The van der Waals surface area contributed by atoms with Crippen LogP contribution in [0.15, 0.2) is 23.1 Å². The number of hydrogen-bond acceptors (Lipinski definition) is 4. The van der Waals surface area contributed by atoms with Crippen molar-refractivity contribution in [3.05, 3.63) is 18.2 Å². The van der Waals surface area contributed by atoms with E-state index in [1.54, 1.807) is 18.9 Å². The zero-order chi connectivity index (χ0) is 13.4. The van der Waals surface area contributed by atoms with Gasteiger partial charge in [0.15, 0.2) is 0 Å². The number of ether oxygens (including phenoxy) is 1. The van der Waals surface area contributed by atoms with E-state index >= 15 is 0 Å². The Balaban J connectivity index is 2.65. The number of thioether (sulfide) groups is 1. The Bertz CT molecular complexity index is 397. The highest BCUT2D eigenvalue weighted by Gasteiger charge is 2.06. The average Bonchev–Trinajstić information content (AvgIpc) is 2.37. The first-order chi connectivity index (χ1) is 8.67. The van der Waals surface area contributed by atoms with Crippen molar-refractivity contribution in [2.45, 2.75) is 24.7 Å². The summed E-state index contributed by atoms with van der Waals surface area (Å²) < 4.78 is 4.86. The molecule has 0 atom stereocenters. The van der Waals surface area contributed by atoms with Crippen LogP contribution in [-0.2, 0) is 9.53 Å². The molecule has 0 saturated heterocycles. The third-order valence-corrected chi connectivity index (χ3v) is 3.50. The second-order valence-corrected chi connectivity index (χ2v) is 5.06. The molecule has 0 heterocycles. The van der Waals surface area contributed by atoms with Crippen LogP contribution in [0.5, 0.6) is 0 Å². The van der Waals surface area contributed by atoms with Crippen LogP contribution in [0.25, 0.3) is 0 Å². The van der Waals surface area contributed by atoms with Crippen molar-refractivity contribution < 1.29 is 9.53 Å². The summed E-state index contributed by atoms with van der Waals surface area (Å²) in [5.41, 5.74) is 7.10. The molecular formula is C13H20N2O2S. The first kappa shape index (κ1) is 14.9. The minimum Gasteiger partial charge on any atom is -0.397 e. The van der Waals surface area contributed by atoms with E-state index in [-0.39, 0.29) is 5.91 Å². The molecule has 0 aliphatic heterocycles. The zero-order valence-electron chi connectivity index (χ0n) is 10.9. The lowest BCUT2D eigenvalue weighted by Gasteiger charge is -2.10. The van der Waals surface area contributed by atoms with Gasteiger partial charge in [-0.15, -0.1) is 11.8 Å². The van der Waals surface area contributed by atoms with Gasteiger partial charge in [0.05, 0.1) is 24.4 Å². The van der Waals surface area contributed by atoms with Gasteiger partial charge in [-0.3, -0.25) is 4.79 Å². The van der Waals surface area contributed by atoms with Crippen molar-refractivity contribution in [1.29, 1.82) is 0 Å². The summed E-state index contributed by atoms with van der Waals surface area (Å²) in [4.78, 5) is 12.7. The molecule has 0 bridgehead atoms. The molecule has 0 saturated carbocycles. The van der Waals surface area contributed by atoms with Crippen LogP contribution in [-0.4, -0.2) is 25.4 Å². The molecular weight excluding hydrogens is 248 g/mol. The molecule has 1 aromatic carbocycles. The third-order valence-electron chi connectivity index (χ3n) is 2.30. The van der Waals surface area contributed by atoms with Crippen LogP contribution in [0.2, 0.25) is 0 Å². The van der Waals surface area contributed by atoms with Gasteiger partial charge in [0.1, 0.15) is 0 Å². The monoisotopic (exact) mass is 268 g/mol. The Hall–Kier alpha value is -1.20. The highest BCUT2D eigenvalue weighted by Crippen LogP contribution is 2.27. The highest BCUT2D eigenvalue weighted by molar-refractivity contribution is 7.99. The molecule has 100 valence electrons. The first-order valence-electron chi connectivity index (χ1n) is 5.98. The minimum atomic E-state index is -0.0822. The van der Waals surface area contributed by atoms with E-state index in [1.165, 1.54) is 0 Å². The fourth-order valence-corrected chi connectivity index (χ4v) is 2.17. The quantitative estimate of drug-likeness (QED) is 0.589. The molecule has 18 heavy (non-hydrogen) atoms. The predicted molar refractivity (Wildman–Crippen MR) is 77.0 cm³/mol. The zero-order valence-corrected chi connectivity index (χ0v) is 11.7. The number of methoxy groups -OCH3 is 1. The van der Waals surface area contributed by atoms with Gasteiger partial charge in [0.25, 0.3) is 0 Å². The van der Waals surface area contributed by atoms with Crippen molar-refractivity contribution in [3.63, 3.8) is 0 Å². The van der Waals surface area contributed by atoms with Crippen molar-refractivity contribution in [3.8, 4) is 0 Å². The molecule has 1 rings (SSSR count). The Morgan fingerprint density at radius 1 is 1.50 bits per heavy atom. The van der Waals surface area contributed by atoms with Crippen LogP contribution in [0.4, 0.5) is 11.4 Å². The summed E-state index contributed by atoms with van der Waals surface area (Å²) in [5, 5.41) is 2.80. The highest BCUT2D eigenvalue weighted by atomic mass is 32.2. The Morgan fingerprint density at radius 2 is 2.28 bits per heavy atom. The van der Waals surface area contributed by atoms with Crippen molar-refractivity contribution in [2.75, 3.05) is 30.5 Å². The molecule has 0 fully saturated rings. The van der Waals surface area contributed by atoms with E-state index in [2.05, 4.69) is 12.2 Å². The van der Waals surface area contributed by atoms with Crippen molar-refractivity contribution in [2.24, 2.45) is 0 Å². The standard InChI is InChI=1S/C13H20N2O2S/c1-3-8-18-10-4-5-11(14)12(9-10)15-13(16)6-7-17-2/h4-5,9H,3,6-8,14H2,1-2H3,(H,15,16). The molecule has 0 aromatic heterocycles. The van der Waals surface area contributed by atoms with Crippen LogP contribution in [0.3, 0.4) is 0 Å². The van der Waals surface area contributed by atoms with Gasteiger partial charge in [-0.25, -0.2) is 0 Å². The summed E-state index contributed by atoms with van der Waals surface area (Å²) in [6.07, 6.45) is 1.45. The summed E-state index contributed by atoms with van der Waals surface area (Å²) in [6, 6.07) is 5.71. The Kier molecular flexibility index (Phi) is 6.60. The van der Waals surface area contributed by atoms with Crippen LogP contribution >= 0.6 is 11.8 Å². The SMILES string of the molecule is CCCSc1ccc(N)c(NC(=O)CCOC)c1. The Labute approximate surface area is 112 Å². The largest absolute Gasteiger partial charge is 0.397 e. The molecule has 1 aromatic rings. The molecule has 0 unspecified atom stereocenters. The molecule has 0 aliphatic rings. The van der Waals surface area contributed by atoms with Crippen LogP contribution in [0, 0.1) is 0 Å². The third kappa shape index (κ3) is 4.98. The average molecular weight is 268 g/mol.